The van der Waals surface area contributed by atoms with E-state index in [9.17, 15) is 9.59 Å². The molecule has 2 aromatic rings. The van der Waals surface area contributed by atoms with Crippen LogP contribution in [0.25, 0.3) is 5.57 Å². The Hall–Kier alpha value is -3.94. The highest BCUT2D eigenvalue weighted by molar-refractivity contribution is 5.97. The van der Waals surface area contributed by atoms with Gasteiger partial charge in [0.05, 0.1) is 5.69 Å². The number of pyridine rings is 2. The Morgan fingerprint density at radius 1 is 1.12 bits per heavy atom. The lowest BCUT2D eigenvalue weighted by atomic mass is 9.90. The van der Waals surface area contributed by atoms with Gasteiger partial charge in [0.2, 0.25) is 0 Å². The maximum Gasteiger partial charge on any atom is 0.267 e. The third-order valence-corrected chi connectivity index (χ3v) is 5.77. The van der Waals surface area contributed by atoms with Crippen LogP contribution in [-0.4, -0.2) is 39.3 Å². The normalized spacial score (nSPS) is 16.3. The number of nitrogens with two attached hydrogens (primary N) is 2. The standard InChI is InChI=1S/C24H26N6O2/c1-15-5-8-22(29-13-15)30(18-3-2-4-18)24(32)16-9-10-27-21(11-16)19(12-25)17-6-7-20(23(26)31)28-14-17/h5-12,14,18,29H,2-4,13,25H2,1H3,(H2,26,31). The van der Waals surface area contributed by atoms with Crippen molar-refractivity contribution in [3.8, 4) is 0 Å². The van der Waals surface area contributed by atoms with Gasteiger partial charge >= 0.3 is 0 Å². The fourth-order valence-electron chi connectivity index (χ4n) is 3.73. The lowest BCUT2D eigenvalue weighted by Crippen LogP contribution is -2.47. The predicted octanol–water partition coefficient (Wildman–Crippen LogP) is 2.31. The van der Waals surface area contributed by atoms with Crippen LogP contribution in [-0.2, 0) is 0 Å². The number of dihydropyridines is 1. The summed E-state index contributed by atoms with van der Waals surface area (Å²) in [6.07, 6.45) is 11.6. The molecule has 0 saturated heterocycles. The molecule has 5 N–H and O–H groups in total. The fraction of sp³-hybridized carbons (Fsp3) is 0.250. The van der Waals surface area contributed by atoms with Crippen molar-refractivity contribution in [2.75, 3.05) is 6.54 Å². The van der Waals surface area contributed by atoms with Crippen LogP contribution in [0.3, 0.4) is 0 Å². The quantitative estimate of drug-likeness (QED) is 0.645. The number of carbonyl (C=O) groups is 2. The topological polar surface area (TPSA) is 127 Å². The molecule has 1 saturated carbocycles. The molecule has 0 atom stereocenters. The van der Waals surface area contributed by atoms with Crippen LogP contribution in [0.4, 0.5) is 0 Å². The highest BCUT2D eigenvalue weighted by Crippen LogP contribution is 2.30. The van der Waals surface area contributed by atoms with Crippen molar-refractivity contribution in [3.05, 3.63) is 88.9 Å². The molecule has 4 rings (SSSR count). The van der Waals surface area contributed by atoms with Gasteiger partial charge in [0.1, 0.15) is 11.5 Å². The molecule has 0 aromatic carbocycles. The van der Waals surface area contributed by atoms with Crippen LogP contribution in [0.1, 0.15) is 58.3 Å². The maximum absolute atomic E-state index is 13.6. The summed E-state index contributed by atoms with van der Waals surface area (Å²) in [5.41, 5.74) is 14.9. The summed E-state index contributed by atoms with van der Waals surface area (Å²) in [4.78, 5) is 35.2. The highest BCUT2D eigenvalue weighted by Gasteiger charge is 2.32. The first-order valence-corrected chi connectivity index (χ1v) is 10.6. The molecule has 2 aromatic heterocycles. The van der Waals surface area contributed by atoms with Gasteiger partial charge in [-0.25, -0.2) is 0 Å². The predicted molar refractivity (Wildman–Crippen MR) is 122 cm³/mol. The van der Waals surface area contributed by atoms with Gasteiger partial charge in [-0.3, -0.25) is 24.5 Å². The number of nitrogens with zero attached hydrogens (tertiary/aromatic N) is 3. The molecule has 3 heterocycles. The molecule has 2 amide bonds. The van der Waals surface area contributed by atoms with E-state index in [0.717, 1.165) is 31.6 Å². The van der Waals surface area contributed by atoms with Crippen LogP contribution < -0.4 is 16.8 Å². The van der Waals surface area contributed by atoms with Gasteiger partial charge in [0, 0.05) is 47.9 Å². The van der Waals surface area contributed by atoms with Crippen LogP contribution in [0.15, 0.2) is 66.4 Å². The summed E-state index contributed by atoms with van der Waals surface area (Å²) in [5, 5.41) is 3.36. The third kappa shape index (κ3) is 4.25. The van der Waals surface area contributed by atoms with E-state index in [1.54, 1.807) is 24.4 Å². The number of hydrogen-bond donors (Lipinski definition) is 3. The maximum atomic E-state index is 13.6. The number of aromatic nitrogens is 2. The molecule has 8 nitrogen and oxygen atoms in total. The van der Waals surface area contributed by atoms with Gasteiger partial charge in [0.15, 0.2) is 0 Å². The fourth-order valence-corrected chi connectivity index (χ4v) is 3.73. The second-order valence-electron chi connectivity index (χ2n) is 7.98. The monoisotopic (exact) mass is 430 g/mol. The Morgan fingerprint density at radius 2 is 1.94 bits per heavy atom. The minimum atomic E-state index is -0.604. The number of nitrogens with one attached hydrogen (secondary N) is 1. The van der Waals surface area contributed by atoms with Crippen molar-refractivity contribution < 1.29 is 9.59 Å². The van der Waals surface area contributed by atoms with E-state index >= 15 is 0 Å². The molecule has 0 spiro atoms. The molecular weight excluding hydrogens is 404 g/mol. The van der Waals surface area contributed by atoms with E-state index in [1.807, 2.05) is 17.1 Å². The van der Waals surface area contributed by atoms with Crippen molar-refractivity contribution in [1.29, 1.82) is 0 Å². The number of amides is 2. The van der Waals surface area contributed by atoms with Crippen LogP contribution in [0.5, 0.6) is 0 Å². The first-order valence-electron chi connectivity index (χ1n) is 10.6. The zero-order valence-electron chi connectivity index (χ0n) is 17.9. The summed E-state index contributed by atoms with van der Waals surface area (Å²) in [5.74, 6) is 0.139. The van der Waals surface area contributed by atoms with Crippen molar-refractivity contribution in [2.45, 2.75) is 32.2 Å². The van der Waals surface area contributed by atoms with Crippen molar-refractivity contribution >= 4 is 17.4 Å². The van der Waals surface area contributed by atoms with Gasteiger partial charge < -0.3 is 16.8 Å². The van der Waals surface area contributed by atoms with Gasteiger partial charge in [-0.2, -0.15) is 0 Å². The largest absolute Gasteiger partial charge is 0.404 e. The van der Waals surface area contributed by atoms with Crippen LogP contribution in [0, 0.1) is 0 Å². The smallest absolute Gasteiger partial charge is 0.267 e. The van der Waals surface area contributed by atoms with Gasteiger partial charge in [-0.15, -0.1) is 0 Å². The molecule has 1 aliphatic carbocycles. The second kappa shape index (κ2) is 9.05. The van der Waals surface area contributed by atoms with Crippen molar-refractivity contribution in [3.63, 3.8) is 0 Å². The number of rotatable bonds is 6. The molecule has 1 fully saturated rings. The average Bonchev–Trinajstić information content (AvgIpc) is 2.77. The van der Waals surface area contributed by atoms with E-state index in [0.29, 0.717) is 22.4 Å². The number of primary amides is 1. The molecule has 1 aliphatic heterocycles. The Labute approximate surface area is 186 Å². The molecular formula is C24H26N6O2. The van der Waals surface area contributed by atoms with E-state index in [2.05, 4.69) is 22.2 Å². The third-order valence-electron chi connectivity index (χ3n) is 5.77. The van der Waals surface area contributed by atoms with Crippen LogP contribution in [0.2, 0.25) is 0 Å². The van der Waals surface area contributed by atoms with Gasteiger partial charge in [0.25, 0.3) is 11.8 Å². The molecule has 0 bridgehead atoms. The number of allylic oxidation sites excluding steroid dienone is 2. The van der Waals surface area contributed by atoms with E-state index in [1.165, 1.54) is 24.0 Å². The second-order valence-corrected chi connectivity index (χ2v) is 7.98. The molecule has 32 heavy (non-hydrogen) atoms. The summed E-state index contributed by atoms with van der Waals surface area (Å²) >= 11 is 0. The molecule has 2 aliphatic rings. The SMILES string of the molecule is CC1=CC=C(N(C(=O)c2ccnc(C(=CN)c3ccc(C(N)=O)nc3)c2)C2CCC2)NC1. The first-order chi connectivity index (χ1) is 15.5. The van der Waals surface area contributed by atoms with Gasteiger partial charge in [-0.1, -0.05) is 17.7 Å². The zero-order chi connectivity index (χ0) is 22.7. The molecule has 164 valence electrons. The highest BCUT2D eigenvalue weighted by atomic mass is 16.2. The van der Waals surface area contributed by atoms with E-state index in [4.69, 9.17) is 11.5 Å². The summed E-state index contributed by atoms with van der Waals surface area (Å²) < 4.78 is 0. The Morgan fingerprint density at radius 3 is 2.50 bits per heavy atom. The Balaban J connectivity index is 1.64. The Kier molecular flexibility index (Phi) is 6.02. The summed E-state index contributed by atoms with van der Waals surface area (Å²) in [6.45, 7) is 2.77. The minimum absolute atomic E-state index is 0.0800. The van der Waals surface area contributed by atoms with Gasteiger partial charge in [-0.05, 0) is 50.5 Å². The lowest BCUT2D eigenvalue weighted by molar-refractivity contribution is 0.0652. The van der Waals surface area contributed by atoms with Crippen molar-refractivity contribution in [1.82, 2.24) is 20.2 Å². The van der Waals surface area contributed by atoms with E-state index in [-0.39, 0.29) is 17.6 Å². The zero-order valence-corrected chi connectivity index (χ0v) is 17.9. The number of carbonyl (C=O) groups excluding carboxylic acids is 2. The van der Waals surface area contributed by atoms with Crippen molar-refractivity contribution in [2.24, 2.45) is 11.5 Å². The Bertz CT molecular complexity index is 1130. The average molecular weight is 431 g/mol. The van der Waals surface area contributed by atoms with Crippen LogP contribution >= 0.6 is 0 Å². The molecule has 0 radical (unpaired) electrons. The lowest BCUT2D eigenvalue weighted by Gasteiger charge is -2.39. The van der Waals surface area contributed by atoms with E-state index < -0.39 is 5.91 Å². The summed E-state index contributed by atoms with van der Waals surface area (Å²) in [7, 11) is 0. The molecule has 8 heteroatoms. The molecule has 0 unspecified atom stereocenters. The summed E-state index contributed by atoms with van der Waals surface area (Å²) in [6, 6.07) is 6.86. The number of hydrogen-bond acceptors (Lipinski definition) is 6. The minimum Gasteiger partial charge on any atom is -0.404 e. The first kappa shape index (κ1) is 21.3.